The van der Waals surface area contributed by atoms with Crippen LogP contribution in [0.25, 0.3) is 0 Å². The number of benzene rings is 1. The third kappa shape index (κ3) is 4.52. The molecule has 2 N–H and O–H groups in total. The molecule has 1 saturated carbocycles. The van der Waals surface area contributed by atoms with Gasteiger partial charge in [-0.25, -0.2) is 4.79 Å². The summed E-state index contributed by atoms with van der Waals surface area (Å²) < 4.78 is 6.32. The van der Waals surface area contributed by atoms with E-state index in [0.29, 0.717) is 22.5 Å². The molecule has 1 aliphatic rings. The van der Waals surface area contributed by atoms with Crippen LogP contribution in [0, 0.1) is 5.92 Å². The van der Waals surface area contributed by atoms with Gasteiger partial charge in [-0.15, -0.1) is 0 Å². The third-order valence-corrected chi connectivity index (χ3v) is 4.56. The monoisotopic (exact) mass is 370 g/mol. The smallest absolute Gasteiger partial charge is 0.337 e. The van der Waals surface area contributed by atoms with Crippen molar-refractivity contribution in [2.75, 3.05) is 12.4 Å². The Bertz CT molecular complexity index is 870. The first kappa shape index (κ1) is 18.6. The Kier molecular flexibility index (Phi) is 5.54. The second-order valence-corrected chi connectivity index (χ2v) is 6.58. The van der Waals surface area contributed by atoms with Gasteiger partial charge in [0.1, 0.15) is 5.69 Å². The molecule has 8 nitrogen and oxygen atoms in total. The average molecular weight is 370 g/mol. The molecule has 2 amide bonds. The second kappa shape index (κ2) is 8.03. The van der Waals surface area contributed by atoms with E-state index in [0.717, 1.165) is 19.3 Å². The van der Waals surface area contributed by atoms with Crippen LogP contribution in [-0.4, -0.2) is 34.7 Å². The van der Waals surface area contributed by atoms with Crippen LogP contribution in [0.1, 0.15) is 45.7 Å². The third-order valence-electron chi connectivity index (χ3n) is 4.56. The minimum Gasteiger partial charge on any atom is -0.465 e. The van der Waals surface area contributed by atoms with Gasteiger partial charge in [0.2, 0.25) is 5.91 Å². The van der Waals surface area contributed by atoms with Crippen LogP contribution in [0.15, 0.2) is 30.5 Å². The fourth-order valence-corrected chi connectivity index (χ4v) is 2.83. The van der Waals surface area contributed by atoms with Crippen molar-refractivity contribution in [1.29, 1.82) is 0 Å². The molecule has 3 rings (SSSR count). The Hall–Kier alpha value is -3.16. The maximum Gasteiger partial charge on any atom is 0.337 e. The predicted octanol–water partition coefficient (Wildman–Crippen LogP) is 1.88. The van der Waals surface area contributed by atoms with Gasteiger partial charge in [-0.1, -0.05) is 6.42 Å². The summed E-state index contributed by atoms with van der Waals surface area (Å²) >= 11 is 0. The Morgan fingerprint density at radius 2 is 2.04 bits per heavy atom. The summed E-state index contributed by atoms with van der Waals surface area (Å²) in [6.45, 7) is 0.187. The van der Waals surface area contributed by atoms with Gasteiger partial charge >= 0.3 is 5.97 Å². The molecule has 1 fully saturated rings. The number of esters is 1. The van der Waals surface area contributed by atoms with Crippen LogP contribution in [-0.2, 0) is 23.1 Å². The molecule has 0 radical (unpaired) electrons. The number of hydrogen-bond acceptors (Lipinski definition) is 5. The predicted molar refractivity (Wildman–Crippen MR) is 98.1 cm³/mol. The Labute approximate surface area is 156 Å². The first-order valence-corrected chi connectivity index (χ1v) is 8.77. The van der Waals surface area contributed by atoms with Crippen LogP contribution in [0.3, 0.4) is 0 Å². The molecular formula is C19H22N4O4. The zero-order valence-corrected chi connectivity index (χ0v) is 15.3. The van der Waals surface area contributed by atoms with E-state index < -0.39 is 5.97 Å². The highest BCUT2D eigenvalue weighted by Crippen LogP contribution is 2.28. The molecular weight excluding hydrogens is 348 g/mol. The summed E-state index contributed by atoms with van der Waals surface area (Å²) in [5.74, 6) is -0.850. The number of hydrogen-bond donors (Lipinski definition) is 2. The molecule has 0 bridgehead atoms. The van der Waals surface area contributed by atoms with Crippen molar-refractivity contribution in [3.8, 4) is 0 Å². The van der Waals surface area contributed by atoms with Crippen molar-refractivity contribution in [3.05, 3.63) is 47.3 Å². The largest absolute Gasteiger partial charge is 0.465 e. The van der Waals surface area contributed by atoms with Gasteiger partial charge in [0.15, 0.2) is 0 Å². The van der Waals surface area contributed by atoms with Gasteiger partial charge in [0.25, 0.3) is 5.91 Å². The van der Waals surface area contributed by atoms with E-state index in [1.54, 1.807) is 42.2 Å². The van der Waals surface area contributed by atoms with Crippen molar-refractivity contribution in [2.24, 2.45) is 13.0 Å². The Morgan fingerprint density at radius 3 is 2.63 bits per heavy atom. The summed E-state index contributed by atoms with van der Waals surface area (Å²) in [5.41, 5.74) is 1.80. The van der Waals surface area contributed by atoms with Gasteiger partial charge in [0, 0.05) is 31.4 Å². The fourth-order valence-electron chi connectivity index (χ4n) is 2.83. The fraction of sp³-hybridized carbons (Fsp3) is 0.368. The van der Waals surface area contributed by atoms with Crippen molar-refractivity contribution in [1.82, 2.24) is 15.1 Å². The van der Waals surface area contributed by atoms with E-state index >= 15 is 0 Å². The lowest BCUT2D eigenvalue weighted by Crippen LogP contribution is -2.28. The molecule has 0 atom stereocenters. The molecule has 27 heavy (non-hydrogen) atoms. The van der Waals surface area contributed by atoms with E-state index in [1.807, 2.05) is 0 Å². The summed E-state index contributed by atoms with van der Waals surface area (Å²) in [7, 11) is 3.03. The summed E-state index contributed by atoms with van der Waals surface area (Å²) in [6.07, 6.45) is 4.51. The van der Waals surface area contributed by atoms with Gasteiger partial charge in [0.05, 0.1) is 12.7 Å². The van der Waals surface area contributed by atoms with E-state index in [2.05, 4.69) is 15.7 Å². The van der Waals surface area contributed by atoms with Gasteiger partial charge in [-0.3, -0.25) is 14.3 Å². The summed E-state index contributed by atoms with van der Waals surface area (Å²) in [5, 5.41) is 9.66. The minimum atomic E-state index is -0.507. The van der Waals surface area contributed by atoms with E-state index in [4.69, 9.17) is 4.74 Å². The molecule has 1 aliphatic carbocycles. The van der Waals surface area contributed by atoms with Crippen LogP contribution in [0.2, 0.25) is 0 Å². The first-order chi connectivity index (χ1) is 13.0. The number of anilines is 1. The number of nitrogens with zero attached hydrogens (tertiary/aromatic N) is 2. The highest BCUT2D eigenvalue weighted by molar-refractivity contribution is 5.96. The number of aromatic nitrogens is 2. The normalized spacial score (nSPS) is 13.6. The van der Waals surface area contributed by atoms with Crippen LogP contribution in [0.5, 0.6) is 0 Å². The van der Waals surface area contributed by atoms with Crippen LogP contribution >= 0.6 is 0 Å². The van der Waals surface area contributed by atoms with Crippen LogP contribution in [0.4, 0.5) is 5.69 Å². The molecule has 0 spiro atoms. The average Bonchev–Trinajstić information content (AvgIpc) is 3.03. The number of carbonyl (C=O) groups excluding carboxylic acids is 3. The number of ether oxygens (including phenoxy) is 1. The second-order valence-electron chi connectivity index (χ2n) is 6.58. The topological polar surface area (TPSA) is 102 Å². The van der Waals surface area contributed by atoms with E-state index in [-0.39, 0.29) is 24.3 Å². The first-order valence-electron chi connectivity index (χ1n) is 8.77. The van der Waals surface area contributed by atoms with Crippen molar-refractivity contribution >= 4 is 23.5 Å². The molecule has 0 unspecified atom stereocenters. The van der Waals surface area contributed by atoms with Crippen molar-refractivity contribution < 1.29 is 19.1 Å². The summed E-state index contributed by atoms with van der Waals surface area (Å²) in [6, 6.07) is 6.56. The number of aryl methyl sites for hydroxylation is 1. The standard InChI is InChI=1S/C19H22N4O4/c1-23-7-6-16(22-23)18(25)20-11-12-8-14(19(26)27-2)10-15(9-12)21-17(24)13-4-3-5-13/h6-10,13H,3-5,11H2,1-2H3,(H,20,25)(H,21,24). The van der Waals surface area contributed by atoms with Crippen LogP contribution < -0.4 is 10.6 Å². The number of carbonyl (C=O) groups is 3. The quantitative estimate of drug-likeness (QED) is 0.756. The molecule has 1 heterocycles. The number of methoxy groups -OCH3 is 1. The molecule has 142 valence electrons. The highest BCUT2D eigenvalue weighted by atomic mass is 16.5. The van der Waals surface area contributed by atoms with E-state index in [1.165, 1.54) is 7.11 Å². The Morgan fingerprint density at radius 1 is 1.26 bits per heavy atom. The van der Waals surface area contributed by atoms with Crippen molar-refractivity contribution in [3.63, 3.8) is 0 Å². The lowest BCUT2D eigenvalue weighted by molar-refractivity contribution is -0.122. The molecule has 0 aliphatic heterocycles. The lowest BCUT2D eigenvalue weighted by atomic mass is 9.85. The SMILES string of the molecule is COC(=O)c1cc(CNC(=O)c2ccn(C)n2)cc(NC(=O)C2CCC2)c1. The highest BCUT2D eigenvalue weighted by Gasteiger charge is 2.25. The summed E-state index contributed by atoms with van der Waals surface area (Å²) in [4.78, 5) is 36.3. The minimum absolute atomic E-state index is 0.0269. The molecule has 0 saturated heterocycles. The van der Waals surface area contributed by atoms with Crippen molar-refractivity contribution in [2.45, 2.75) is 25.8 Å². The zero-order valence-electron chi connectivity index (χ0n) is 15.3. The molecule has 1 aromatic heterocycles. The number of nitrogens with one attached hydrogen (secondary N) is 2. The maximum absolute atomic E-state index is 12.2. The van der Waals surface area contributed by atoms with Gasteiger partial charge < -0.3 is 15.4 Å². The molecule has 2 aromatic rings. The number of rotatable bonds is 6. The lowest BCUT2D eigenvalue weighted by Gasteiger charge is -2.24. The molecule has 8 heteroatoms. The maximum atomic E-state index is 12.2. The van der Waals surface area contributed by atoms with Gasteiger partial charge in [-0.2, -0.15) is 5.10 Å². The van der Waals surface area contributed by atoms with E-state index in [9.17, 15) is 14.4 Å². The van der Waals surface area contributed by atoms with Gasteiger partial charge in [-0.05, 0) is 42.7 Å². The number of amides is 2. The Balaban J connectivity index is 1.74. The molecule has 1 aromatic carbocycles. The zero-order chi connectivity index (χ0) is 19.4.